The fourth-order valence-electron chi connectivity index (χ4n) is 3.56. The molecule has 2 unspecified atom stereocenters. The number of amides is 2. The Kier molecular flexibility index (Phi) is 4.48. The maximum absolute atomic E-state index is 12.6. The molecular weight excluding hydrogens is 240 g/mol. The summed E-state index contributed by atoms with van der Waals surface area (Å²) in [6.07, 6.45) is 5.07. The molecule has 0 aromatic carbocycles. The first-order valence-electron chi connectivity index (χ1n) is 7.70. The van der Waals surface area contributed by atoms with Crippen molar-refractivity contribution >= 4 is 11.8 Å². The van der Waals surface area contributed by atoms with E-state index >= 15 is 0 Å². The molecule has 0 radical (unpaired) electrons. The Bertz CT molecular complexity index is 352. The predicted octanol–water partition coefficient (Wildman–Crippen LogP) is 2.03. The molecule has 2 aliphatic rings. The highest BCUT2D eigenvalue weighted by Crippen LogP contribution is 2.27. The summed E-state index contributed by atoms with van der Waals surface area (Å²) < 4.78 is 0. The molecule has 2 amide bonds. The van der Waals surface area contributed by atoms with Crippen LogP contribution in [0.2, 0.25) is 0 Å². The van der Waals surface area contributed by atoms with Crippen molar-refractivity contribution in [2.24, 2.45) is 5.92 Å². The number of piperazine rings is 1. The molecule has 4 heteroatoms. The van der Waals surface area contributed by atoms with Gasteiger partial charge in [-0.1, -0.05) is 26.7 Å². The highest BCUT2D eigenvalue weighted by molar-refractivity contribution is 5.95. The lowest BCUT2D eigenvalue weighted by Crippen LogP contribution is -2.63. The molecule has 0 aromatic heterocycles. The SMILES string of the molecule is CCC(CC)C(C)N1CC(=O)N2CCCCC2C1=O. The van der Waals surface area contributed by atoms with E-state index in [1.165, 1.54) is 0 Å². The topological polar surface area (TPSA) is 40.6 Å². The molecule has 4 nitrogen and oxygen atoms in total. The number of nitrogens with zero attached hydrogens (tertiary/aromatic N) is 2. The quantitative estimate of drug-likeness (QED) is 0.781. The standard InChI is InChI=1S/C15H26N2O2/c1-4-12(5-2)11(3)17-10-14(18)16-9-7-6-8-13(16)15(17)19/h11-13H,4-10H2,1-3H3. The van der Waals surface area contributed by atoms with Gasteiger partial charge >= 0.3 is 0 Å². The number of carbonyl (C=O) groups excluding carboxylic acids is 2. The zero-order valence-corrected chi connectivity index (χ0v) is 12.4. The third-order valence-electron chi connectivity index (χ3n) is 4.92. The Morgan fingerprint density at radius 3 is 2.53 bits per heavy atom. The molecule has 2 fully saturated rings. The van der Waals surface area contributed by atoms with E-state index in [0.717, 1.165) is 38.6 Å². The number of piperidine rings is 1. The van der Waals surface area contributed by atoms with Gasteiger partial charge in [-0.3, -0.25) is 9.59 Å². The van der Waals surface area contributed by atoms with E-state index in [4.69, 9.17) is 0 Å². The minimum atomic E-state index is -0.174. The molecule has 2 rings (SSSR count). The fourth-order valence-corrected chi connectivity index (χ4v) is 3.56. The van der Waals surface area contributed by atoms with Gasteiger partial charge in [-0.2, -0.15) is 0 Å². The molecule has 0 aliphatic carbocycles. The Morgan fingerprint density at radius 2 is 1.89 bits per heavy atom. The summed E-state index contributed by atoms with van der Waals surface area (Å²) in [5.74, 6) is 0.813. The van der Waals surface area contributed by atoms with Crippen molar-refractivity contribution < 1.29 is 9.59 Å². The maximum Gasteiger partial charge on any atom is 0.246 e. The molecule has 19 heavy (non-hydrogen) atoms. The van der Waals surface area contributed by atoms with Crippen LogP contribution in [0.4, 0.5) is 0 Å². The highest BCUT2D eigenvalue weighted by Gasteiger charge is 2.42. The van der Waals surface area contributed by atoms with Gasteiger partial charge in [0.15, 0.2) is 0 Å². The average molecular weight is 266 g/mol. The van der Waals surface area contributed by atoms with Crippen molar-refractivity contribution in [2.45, 2.75) is 65.0 Å². The molecule has 2 aliphatic heterocycles. The zero-order valence-electron chi connectivity index (χ0n) is 12.4. The average Bonchev–Trinajstić information content (AvgIpc) is 2.44. The lowest BCUT2D eigenvalue weighted by Gasteiger charge is -2.46. The minimum absolute atomic E-state index is 0.141. The Hall–Kier alpha value is -1.06. The first-order valence-corrected chi connectivity index (χ1v) is 7.70. The van der Waals surface area contributed by atoms with Gasteiger partial charge in [0.05, 0.1) is 0 Å². The van der Waals surface area contributed by atoms with Gasteiger partial charge in [0.25, 0.3) is 0 Å². The first kappa shape index (κ1) is 14.4. The third kappa shape index (κ3) is 2.63. The molecule has 2 heterocycles. The highest BCUT2D eigenvalue weighted by atomic mass is 16.2. The van der Waals surface area contributed by atoms with Crippen LogP contribution in [0.5, 0.6) is 0 Å². The lowest BCUT2D eigenvalue weighted by molar-refractivity contribution is -0.160. The number of hydrogen-bond donors (Lipinski definition) is 0. The normalized spacial score (nSPS) is 25.8. The van der Waals surface area contributed by atoms with Crippen LogP contribution in [0.3, 0.4) is 0 Å². The molecule has 0 saturated carbocycles. The second kappa shape index (κ2) is 5.93. The van der Waals surface area contributed by atoms with Gasteiger partial charge in [0.1, 0.15) is 12.6 Å². The minimum Gasteiger partial charge on any atom is -0.329 e. The van der Waals surface area contributed by atoms with Gasteiger partial charge in [-0.25, -0.2) is 0 Å². The van der Waals surface area contributed by atoms with Gasteiger partial charge in [-0.15, -0.1) is 0 Å². The summed E-state index contributed by atoms with van der Waals surface area (Å²) in [5.41, 5.74) is 0. The van der Waals surface area contributed by atoms with Crippen LogP contribution in [-0.4, -0.2) is 46.8 Å². The van der Waals surface area contributed by atoms with Gasteiger partial charge in [-0.05, 0) is 32.1 Å². The van der Waals surface area contributed by atoms with Crippen molar-refractivity contribution in [3.63, 3.8) is 0 Å². The zero-order chi connectivity index (χ0) is 14.0. The van der Waals surface area contributed by atoms with Crippen LogP contribution < -0.4 is 0 Å². The van der Waals surface area contributed by atoms with Crippen molar-refractivity contribution in [3.05, 3.63) is 0 Å². The van der Waals surface area contributed by atoms with Crippen LogP contribution in [0.1, 0.15) is 52.9 Å². The number of hydrogen-bond acceptors (Lipinski definition) is 2. The Morgan fingerprint density at radius 1 is 1.21 bits per heavy atom. The molecular formula is C15H26N2O2. The van der Waals surface area contributed by atoms with Crippen molar-refractivity contribution in [1.82, 2.24) is 9.80 Å². The summed E-state index contributed by atoms with van der Waals surface area (Å²) in [6, 6.07) is 0.00217. The molecule has 0 N–H and O–H groups in total. The lowest BCUT2D eigenvalue weighted by atomic mass is 9.91. The molecule has 108 valence electrons. The second-order valence-corrected chi connectivity index (χ2v) is 5.88. The van der Waals surface area contributed by atoms with E-state index in [1.54, 1.807) is 0 Å². The van der Waals surface area contributed by atoms with Gasteiger partial charge in [0.2, 0.25) is 11.8 Å². The van der Waals surface area contributed by atoms with E-state index in [-0.39, 0.29) is 30.4 Å². The summed E-state index contributed by atoms with van der Waals surface area (Å²) in [4.78, 5) is 28.5. The summed E-state index contributed by atoms with van der Waals surface area (Å²) in [7, 11) is 0. The summed E-state index contributed by atoms with van der Waals surface area (Å²) in [5, 5.41) is 0. The summed E-state index contributed by atoms with van der Waals surface area (Å²) in [6.45, 7) is 7.47. The largest absolute Gasteiger partial charge is 0.329 e. The second-order valence-electron chi connectivity index (χ2n) is 5.88. The molecule has 2 saturated heterocycles. The van der Waals surface area contributed by atoms with Gasteiger partial charge < -0.3 is 9.80 Å². The molecule has 0 bridgehead atoms. The summed E-state index contributed by atoms with van der Waals surface area (Å²) >= 11 is 0. The number of rotatable bonds is 4. The van der Waals surface area contributed by atoms with Gasteiger partial charge in [0, 0.05) is 12.6 Å². The molecule has 2 atom stereocenters. The predicted molar refractivity (Wildman–Crippen MR) is 74.6 cm³/mol. The smallest absolute Gasteiger partial charge is 0.246 e. The van der Waals surface area contributed by atoms with Crippen molar-refractivity contribution in [2.75, 3.05) is 13.1 Å². The fraction of sp³-hybridized carbons (Fsp3) is 0.867. The maximum atomic E-state index is 12.6. The molecule has 0 spiro atoms. The van der Waals surface area contributed by atoms with Crippen LogP contribution in [0.25, 0.3) is 0 Å². The molecule has 0 aromatic rings. The Balaban J connectivity index is 2.14. The van der Waals surface area contributed by atoms with Crippen molar-refractivity contribution in [3.8, 4) is 0 Å². The van der Waals surface area contributed by atoms with E-state index in [1.807, 2.05) is 9.80 Å². The van der Waals surface area contributed by atoms with Crippen LogP contribution >= 0.6 is 0 Å². The van der Waals surface area contributed by atoms with Crippen LogP contribution in [0, 0.1) is 5.92 Å². The first-order chi connectivity index (χ1) is 9.10. The third-order valence-corrected chi connectivity index (χ3v) is 4.92. The van der Waals surface area contributed by atoms with E-state index in [2.05, 4.69) is 20.8 Å². The van der Waals surface area contributed by atoms with Crippen molar-refractivity contribution in [1.29, 1.82) is 0 Å². The number of fused-ring (bicyclic) bond motifs is 1. The van der Waals surface area contributed by atoms with Crippen LogP contribution in [0.15, 0.2) is 0 Å². The van der Waals surface area contributed by atoms with E-state index in [9.17, 15) is 9.59 Å². The van der Waals surface area contributed by atoms with E-state index in [0.29, 0.717) is 5.92 Å². The Labute approximate surface area is 116 Å². The van der Waals surface area contributed by atoms with E-state index < -0.39 is 0 Å². The van der Waals surface area contributed by atoms with Crippen LogP contribution in [-0.2, 0) is 9.59 Å². The number of carbonyl (C=O) groups is 2. The monoisotopic (exact) mass is 266 g/mol.